The van der Waals surface area contributed by atoms with Crippen LogP contribution in [0.2, 0.25) is 6.32 Å². The largest absolute Gasteiger partial charge is 0.535 e. The molecular weight excluding hydrogens is 355 g/mol. The molecule has 1 fully saturated rings. The summed E-state index contributed by atoms with van der Waals surface area (Å²) in [6.45, 7) is 2.24. The number of aliphatic hydroxyl groups is 1. The van der Waals surface area contributed by atoms with Crippen molar-refractivity contribution in [3.8, 4) is 11.5 Å². The van der Waals surface area contributed by atoms with Crippen LogP contribution in [0.15, 0.2) is 12.1 Å². The molecule has 0 saturated carbocycles. The number of carbonyl (C=O) groups is 2. The van der Waals surface area contributed by atoms with Gasteiger partial charge in [0, 0.05) is 0 Å². The first-order valence-corrected chi connectivity index (χ1v) is 8.94. The van der Waals surface area contributed by atoms with Crippen molar-refractivity contribution < 1.29 is 34.2 Å². The van der Waals surface area contributed by atoms with Crippen LogP contribution in [0.1, 0.15) is 29.3 Å². The number of carbonyl (C=O) groups excluding carboxylic acids is 1. The van der Waals surface area contributed by atoms with E-state index in [2.05, 4.69) is 0 Å². The number of aryl methyl sites for hydroxylation is 1. The van der Waals surface area contributed by atoms with Gasteiger partial charge in [-0.1, -0.05) is 13.0 Å². The molecule has 1 amide bonds. The molecule has 2 heterocycles. The fourth-order valence-corrected chi connectivity index (χ4v) is 3.22. The molecule has 2 atom stereocenters. The van der Waals surface area contributed by atoms with Gasteiger partial charge < -0.3 is 35.3 Å². The summed E-state index contributed by atoms with van der Waals surface area (Å²) in [6.07, 6.45) is 0.00439. The number of likely N-dealkylation sites (tertiary alicyclic amines) is 1. The molecule has 1 aromatic rings. The molecule has 3 rings (SSSR count). The Labute approximate surface area is 156 Å². The van der Waals surface area contributed by atoms with Gasteiger partial charge in [-0.25, -0.2) is 4.79 Å². The molecule has 0 bridgehead atoms. The topological polar surface area (TPSA) is 143 Å². The van der Waals surface area contributed by atoms with Crippen molar-refractivity contribution in [1.82, 2.24) is 4.90 Å². The molecule has 27 heavy (non-hydrogen) atoms. The maximum Gasteiger partial charge on any atom is 0.522 e. The molecule has 1 saturated heterocycles. The van der Waals surface area contributed by atoms with Gasteiger partial charge in [-0.15, -0.1) is 0 Å². The van der Waals surface area contributed by atoms with Gasteiger partial charge in [0.15, 0.2) is 0 Å². The average molecular weight is 378 g/mol. The first-order valence-electron chi connectivity index (χ1n) is 8.94. The molecule has 2 aliphatic rings. The Balaban J connectivity index is 1.68. The number of ether oxygens (including phenoxy) is 1. The standard InChI is InChI=1S/C17H23BN2O7/c1-2-11(21)14(19)16(22)20-7-10(8-20)26-12-4-3-9-5-6-18(25)27-15(9)13(12)17(23)24/h3-4,10-11,14,21,25H,2,5-8,19H2,1H3,(H,23,24)/t11?,14-/m0/s1. The number of carboxylic acids is 1. The Morgan fingerprint density at radius 1 is 1.44 bits per heavy atom. The van der Waals surface area contributed by atoms with Crippen LogP contribution in [-0.2, 0) is 11.2 Å². The quantitative estimate of drug-likeness (QED) is 0.485. The van der Waals surface area contributed by atoms with Gasteiger partial charge >= 0.3 is 13.1 Å². The number of aliphatic hydroxyl groups excluding tert-OH is 1. The number of hydrogen-bond donors (Lipinski definition) is 4. The molecule has 0 aromatic heterocycles. The third kappa shape index (κ3) is 3.87. The zero-order chi connectivity index (χ0) is 19.7. The molecule has 1 unspecified atom stereocenters. The van der Waals surface area contributed by atoms with Gasteiger partial charge in [0.2, 0.25) is 5.91 Å². The number of carboxylic acid groups (broad SMARTS) is 1. The van der Waals surface area contributed by atoms with E-state index in [1.54, 1.807) is 19.1 Å². The molecule has 5 N–H and O–H groups in total. The summed E-state index contributed by atoms with van der Waals surface area (Å²) in [6, 6.07) is 2.31. The number of aromatic carboxylic acids is 1. The Bertz CT molecular complexity index is 738. The number of nitrogens with two attached hydrogens (primary N) is 1. The van der Waals surface area contributed by atoms with E-state index < -0.39 is 25.2 Å². The maximum absolute atomic E-state index is 12.2. The minimum Gasteiger partial charge on any atom is -0.535 e. The Morgan fingerprint density at radius 2 is 2.15 bits per heavy atom. The van der Waals surface area contributed by atoms with E-state index in [1.165, 1.54) is 4.90 Å². The number of hydrogen-bond acceptors (Lipinski definition) is 7. The number of fused-ring (bicyclic) bond motifs is 1. The average Bonchev–Trinajstić information content (AvgIpc) is 2.61. The lowest BCUT2D eigenvalue weighted by Gasteiger charge is -2.41. The predicted molar refractivity (Wildman–Crippen MR) is 95.8 cm³/mol. The van der Waals surface area contributed by atoms with Crippen molar-refractivity contribution in [2.45, 2.75) is 44.3 Å². The fraction of sp³-hybridized carbons (Fsp3) is 0.529. The SMILES string of the molecule is CCC(O)[C@H](N)C(=O)N1CC(Oc2ccc3c(c2C(=O)O)OB(O)CC3)C1. The Kier molecular flexibility index (Phi) is 5.59. The molecular formula is C17H23BN2O7. The maximum atomic E-state index is 12.2. The lowest BCUT2D eigenvalue weighted by atomic mass is 9.78. The van der Waals surface area contributed by atoms with E-state index in [4.69, 9.17) is 15.1 Å². The van der Waals surface area contributed by atoms with E-state index in [-0.39, 0.29) is 42.2 Å². The van der Waals surface area contributed by atoms with Crippen LogP contribution in [-0.4, -0.2) is 70.5 Å². The highest BCUT2D eigenvalue weighted by atomic mass is 16.5. The number of amides is 1. The second kappa shape index (κ2) is 7.75. The molecule has 2 aliphatic heterocycles. The van der Waals surface area contributed by atoms with Gasteiger partial charge in [0.25, 0.3) is 0 Å². The third-order valence-electron chi connectivity index (χ3n) is 4.90. The molecule has 10 heteroatoms. The summed E-state index contributed by atoms with van der Waals surface area (Å²) in [7, 11) is -1.05. The highest BCUT2D eigenvalue weighted by molar-refractivity contribution is 6.44. The summed E-state index contributed by atoms with van der Waals surface area (Å²) in [5, 5.41) is 28.9. The summed E-state index contributed by atoms with van der Waals surface area (Å²) < 4.78 is 11.1. The molecule has 1 aromatic carbocycles. The van der Waals surface area contributed by atoms with Gasteiger partial charge in [-0.3, -0.25) is 4.79 Å². The van der Waals surface area contributed by atoms with E-state index in [0.29, 0.717) is 24.7 Å². The van der Waals surface area contributed by atoms with Gasteiger partial charge in [-0.2, -0.15) is 0 Å². The smallest absolute Gasteiger partial charge is 0.522 e. The number of nitrogens with zero attached hydrogens (tertiary/aromatic N) is 1. The van der Waals surface area contributed by atoms with E-state index in [1.807, 2.05) is 0 Å². The summed E-state index contributed by atoms with van der Waals surface area (Å²) in [4.78, 5) is 25.3. The summed E-state index contributed by atoms with van der Waals surface area (Å²) in [5.41, 5.74) is 6.31. The van der Waals surface area contributed by atoms with Crippen molar-refractivity contribution in [1.29, 1.82) is 0 Å². The second-order valence-corrected chi connectivity index (χ2v) is 6.83. The normalized spacial score (nSPS) is 18.8. The number of rotatable bonds is 6. The Morgan fingerprint density at radius 3 is 2.78 bits per heavy atom. The minimum atomic E-state index is -1.21. The Hall–Kier alpha value is -2.30. The molecule has 0 aliphatic carbocycles. The van der Waals surface area contributed by atoms with E-state index >= 15 is 0 Å². The third-order valence-corrected chi connectivity index (χ3v) is 4.90. The fourth-order valence-electron chi connectivity index (χ4n) is 3.22. The van der Waals surface area contributed by atoms with E-state index in [9.17, 15) is 24.8 Å². The summed E-state index contributed by atoms with van der Waals surface area (Å²) >= 11 is 0. The highest BCUT2D eigenvalue weighted by Gasteiger charge is 2.38. The van der Waals surface area contributed by atoms with Crippen LogP contribution in [0, 0.1) is 0 Å². The predicted octanol–water partition coefficient (Wildman–Crippen LogP) is -0.512. The van der Waals surface area contributed by atoms with Crippen molar-refractivity contribution >= 4 is 19.0 Å². The van der Waals surface area contributed by atoms with Gasteiger partial charge in [0.05, 0.1) is 19.2 Å². The first-order chi connectivity index (χ1) is 12.8. The molecule has 146 valence electrons. The molecule has 9 nitrogen and oxygen atoms in total. The van der Waals surface area contributed by atoms with E-state index in [0.717, 1.165) is 0 Å². The van der Waals surface area contributed by atoms with Gasteiger partial charge in [0.1, 0.15) is 29.2 Å². The van der Waals surface area contributed by atoms with Crippen LogP contribution in [0.25, 0.3) is 0 Å². The molecule has 0 radical (unpaired) electrons. The zero-order valence-corrected chi connectivity index (χ0v) is 15.0. The highest BCUT2D eigenvalue weighted by Crippen LogP contribution is 2.37. The van der Waals surface area contributed by atoms with Crippen LogP contribution >= 0.6 is 0 Å². The van der Waals surface area contributed by atoms with Crippen LogP contribution < -0.4 is 15.1 Å². The second-order valence-electron chi connectivity index (χ2n) is 6.83. The van der Waals surface area contributed by atoms with Crippen LogP contribution in [0.4, 0.5) is 0 Å². The molecule has 0 spiro atoms. The lowest BCUT2D eigenvalue weighted by Crippen LogP contribution is -2.61. The lowest BCUT2D eigenvalue weighted by molar-refractivity contribution is -0.144. The zero-order valence-electron chi connectivity index (χ0n) is 15.0. The van der Waals surface area contributed by atoms with Crippen molar-refractivity contribution in [2.24, 2.45) is 5.73 Å². The minimum absolute atomic E-state index is 0.124. The van der Waals surface area contributed by atoms with Crippen molar-refractivity contribution in [3.05, 3.63) is 23.3 Å². The van der Waals surface area contributed by atoms with Crippen LogP contribution in [0.3, 0.4) is 0 Å². The van der Waals surface area contributed by atoms with Gasteiger partial charge in [-0.05, 0) is 30.8 Å². The number of benzene rings is 1. The van der Waals surface area contributed by atoms with Crippen molar-refractivity contribution in [3.63, 3.8) is 0 Å². The van der Waals surface area contributed by atoms with Crippen LogP contribution in [0.5, 0.6) is 11.5 Å². The summed E-state index contributed by atoms with van der Waals surface area (Å²) in [5.74, 6) is -1.32. The monoisotopic (exact) mass is 378 g/mol. The first kappa shape index (κ1) is 19.5. The van der Waals surface area contributed by atoms with Crippen molar-refractivity contribution in [2.75, 3.05) is 13.1 Å².